The van der Waals surface area contributed by atoms with Gasteiger partial charge in [0.1, 0.15) is 170 Å². The molecule has 0 aromatic rings. The fourth-order valence-electron chi connectivity index (χ4n) is 12.2. The lowest BCUT2D eigenvalue weighted by Crippen LogP contribution is -2.68. The minimum Gasteiger partial charge on any atom is -0.394 e. The number of ether oxygens (including phenoxy) is 13. The molecule has 7 saturated heterocycles. The molecule has 7 heterocycles. The predicted molar refractivity (Wildman–Crippen MR) is 313 cm³/mol. The molecule has 23 N–H and O–H groups in total. The van der Waals surface area contributed by atoms with Crippen LogP contribution in [0.3, 0.4) is 0 Å². The number of hydrogen-bond acceptors (Lipinski definition) is 36. The Morgan fingerprint density at radius 3 is 0.576 bits per heavy atom. The zero-order valence-corrected chi connectivity index (χ0v) is 54.5. The monoisotopic (exact) mass is 1440 g/mol. The normalized spacial score (nSPS) is 44.1. The van der Waals surface area contributed by atoms with Gasteiger partial charge >= 0.3 is 0 Å². The first kappa shape index (κ1) is 81.4. The van der Waals surface area contributed by atoms with Crippen molar-refractivity contribution in [2.24, 2.45) is 0 Å². The zero-order valence-electron chi connectivity index (χ0n) is 54.5. The highest BCUT2D eigenvalue weighted by Gasteiger charge is 2.55. The number of carbonyl (C=O) groups is 7. The quantitative estimate of drug-likeness (QED) is 0.0382. The summed E-state index contributed by atoms with van der Waals surface area (Å²) in [5.41, 5.74) is 0. The maximum absolute atomic E-state index is 12.6. The summed E-state index contributed by atoms with van der Waals surface area (Å²) in [6, 6.07) is -10.9. The lowest BCUT2D eigenvalue weighted by molar-refractivity contribution is -0.328. The molecule has 7 aliphatic heterocycles. The van der Waals surface area contributed by atoms with Gasteiger partial charge in [-0.3, -0.25) is 33.6 Å². The second kappa shape index (κ2) is 36.0. The van der Waals surface area contributed by atoms with Crippen molar-refractivity contribution in [2.75, 3.05) is 46.2 Å². The smallest absolute Gasteiger partial charge is 0.217 e. The molecule has 7 aliphatic rings. The van der Waals surface area contributed by atoms with Gasteiger partial charge in [-0.25, -0.2) is 0 Å². The lowest BCUT2D eigenvalue weighted by atomic mass is 9.95. The van der Waals surface area contributed by atoms with Gasteiger partial charge in [-0.1, -0.05) is 0 Å². The van der Waals surface area contributed by atoms with E-state index in [1.807, 2.05) is 0 Å². The molecule has 0 spiro atoms. The van der Waals surface area contributed by atoms with Crippen LogP contribution in [0.5, 0.6) is 0 Å². The number of nitrogens with one attached hydrogen (secondary N) is 7. The summed E-state index contributed by atoms with van der Waals surface area (Å²) in [4.78, 5) is 85.9. The average Bonchev–Trinajstić information content (AvgIpc) is 0.803. The third kappa shape index (κ3) is 20.3. The number of carbonyl (C=O) groups excluding carboxylic acids is 7. The van der Waals surface area contributed by atoms with Gasteiger partial charge in [0.25, 0.3) is 0 Å². The van der Waals surface area contributed by atoms with Gasteiger partial charge in [0.15, 0.2) is 44.0 Å². The van der Waals surface area contributed by atoms with E-state index in [0.717, 1.165) is 48.5 Å². The van der Waals surface area contributed by atoms with E-state index in [1.54, 1.807) is 0 Å². The van der Waals surface area contributed by atoms with Gasteiger partial charge in [0.2, 0.25) is 41.4 Å². The van der Waals surface area contributed by atoms with Crippen molar-refractivity contribution < 1.29 is 177 Å². The Bertz CT molecular complexity index is 2690. The van der Waals surface area contributed by atoms with Crippen molar-refractivity contribution in [2.45, 2.75) is 263 Å². The summed E-state index contributed by atoms with van der Waals surface area (Å²) in [5.74, 6) is -5.24. The highest BCUT2D eigenvalue weighted by molar-refractivity contribution is 5.75. The maximum atomic E-state index is 12.6. The van der Waals surface area contributed by atoms with E-state index in [1.165, 1.54) is 0 Å². The predicted octanol–water partition coefficient (Wildman–Crippen LogP) is -15.3. The van der Waals surface area contributed by atoms with Crippen molar-refractivity contribution in [1.82, 2.24) is 37.2 Å². The van der Waals surface area contributed by atoms with Crippen LogP contribution in [0.15, 0.2) is 0 Å². The van der Waals surface area contributed by atoms with E-state index < -0.39 is 302 Å². The molecule has 0 aliphatic carbocycles. The fourth-order valence-corrected chi connectivity index (χ4v) is 12.2. The minimum absolute atomic E-state index is 0.673. The molecule has 7 rings (SSSR count). The average molecular weight is 1440 g/mol. The lowest BCUT2D eigenvalue weighted by Gasteiger charge is -2.47. The van der Waals surface area contributed by atoms with Crippen LogP contribution in [0.25, 0.3) is 0 Å². The molecule has 0 saturated carbocycles. The van der Waals surface area contributed by atoms with Crippen LogP contribution in [0.4, 0.5) is 0 Å². The van der Waals surface area contributed by atoms with Gasteiger partial charge in [-0.15, -0.1) is 0 Å². The Morgan fingerprint density at radius 2 is 0.394 bits per heavy atom. The standard InChI is InChI=1S/C56H93N7O36/c1-15(65)57-29-43(79)37(73)23(93-50(29)86)9-87-52-31(59-17(3)67)45(81)39(75)25(95-52)11-89-54-33(61-19(5)69)47(83)41(77)27(97-54)13-91-56-35(63-21(7)71)49(85)42(78)28(99-56)14-92-55-34(62-20(6)70)48(84)40(76)26(98-55)12-90-53-32(60-18(4)68)46(82)38(74)24(96-53)10-88-51-30(58-16(2)66)44(80)36(72)22(8-64)94-51/h22-56,64,72-86H,8-14H2,1-7H3,(H,57,65)(H,58,66)(H,59,67)(H,60,68)(H,61,69)(H,62,70)(H,63,71)/t22-,23-,24-,25-,26-,27-,28-,29-,30-,31-,32-,33-,34-,35-,36-,37-,38-,39-,40-,41-,42-,43-,44-,45-,46-,47-,48-,49-,50+,51-,52-,53-,54-,55-,56-/m1/s1. The van der Waals surface area contributed by atoms with E-state index in [0.29, 0.717) is 0 Å². The molecule has 43 nitrogen and oxygen atoms in total. The molecular weight excluding hydrogens is 1350 g/mol. The van der Waals surface area contributed by atoms with Gasteiger partial charge in [0, 0.05) is 48.5 Å². The molecule has 35 atom stereocenters. The van der Waals surface area contributed by atoms with E-state index in [2.05, 4.69) is 37.2 Å². The van der Waals surface area contributed by atoms with Crippen molar-refractivity contribution in [3.05, 3.63) is 0 Å². The molecule has 7 amide bonds. The Labute approximate surface area is 563 Å². The molecule has 568 valence electrons. The third-order valence-corrected chi connectivity index (χ3v) is 17.2. The molecular formula is C56H93N7O36. The first-order valence-electron chi connectivity index (χ1n) is 31.5. The van der Waals surface area contributed by atoms with E-state index >= 15 is 0 Å². The molecule has 0 aromatic carbocycles. The molecule has 0 radical (unpaired) electrons. The van der Waals surface area contributed by atoms with Gasteiger partial charge in [-0.2, -0.15) is 0 Å². The highest BCUT2D eigenvalue weighted by Crippen LogP contribution is 2.33. The van der Waals surface area contributed by atoms with Crippen molar-refractivity contribution in [1.29, 1.82) is 0 Å². The van der Waals surface area contributed by atoms with Crippen LogP contribution in [-0.4, -0.2) is 384 Å². The Morgan fingerprint density at radius 1 is 0.242 bits per heavy atom. The number of rotatable bonds is 26. The molecule has 7 fully saturated rings. The highest BCUT2D eigenvalue weighted by atomic mass is 16.8. The number of aliphatic hydroxyl groups is 16. The SMILES string of the molecule is CC(=O)N[C@@H]1[C@@H](O)[C@H](O)[C@@H](CO[C@@H]2O[C@H](CO[C@@H]3O[C@H](CO[C@@H]4O[C@H](CO[C@@H]5O[C@H](CO[C@@H]6O[C@H](CO[C@@H]7O[C@H](CO)[C@@H](O)[C@H](O)[C@H]7NC(C)=O)[C@@H](O)[C@H](O)[C@H]6NC(C)=O)[C@@H](O)[C@H](O)[C@H]5NC(C)=O)[C@@H](O)[C@H](O)[C@H]4NC(C)=O)[C@@H](O)[C@H](O)[C@H]3NC(C)=O)[C@@H](O)[C@H](O)[C@H]2NC(C)=O)O[C@@H]1O. The molecule has 0 unspecified atom stereocenters. The molecule has 0 aromatic heterocycles. The summed E-state index contributed by atoms with van der Waals surface area (Å²) in [6.45, 7) is 1.83. The summed E-state index contributed by atoms with van der Waals surface area (Å²) in [6.07, 6.45) is -50.2. The Hall–Kier alpha value is -4.87. The van der Waals surface area contributed by atoms with Gasteiger partial charge in [-0.05, 0) is 0 Å². The first-order valence-corrected chi connectivity index (χ1v) is 31.5. The topological polar surface area (TPSA) is 647 Å². The fraction of sp³-hybridized carbons (Fsp3) is 0.875. The van der Waals surface area contributed by atoms with E-state index in [4.69, 9.17) is 61.6 Å². The van der Waals surface area contributed by atoms with Crippen molar-refractivity contribution in [3.8, 4) is 0 Å². The summed E-state index contributed by atoms with van der Waals surface area (Å²) >= 11 is 0. The summed E-state index contributed by atoms with van der Waals surface area (Å²) in [5, 5.41) is 193. The number of amides is 7. The van der Waals surface area contributed by atoms with Gasteiger partial charge in [0.05, 0.1) is 46.2 Å². The largest absolute Gasteiger partial charge is 0.394 e. The van der Waals surface area contributed by atoms with Crippen LogP contribution >= 0.6 is 0 Å². The summed E-state index contributed by atoms with van der Waals surface area (Å²) in [7, 11) is 0. The van der Waals surface area contributed by atoms with Gasteiger partial charge < -0.3 is 181 Å². The van der Waals surface area contributed by atoms with Crippen molar-refractivity contribution >= 4 is 41.4 Å². The first-order chi connectivity index (χ1) is 46.5. The van der Waals surface area contributed by atoms with Crippen LogP contribution in [0, 0.1) is 0 Å². The van der Waals surface area contributed by atoms with E-state index in [9.17, 15) is 115 Å². The maximum Gasteiger partial charge on any atom is 0.217 e. The minimum atomic E-state index is -1.99. The zero-order chi connectivity index (χ0) is 73.3. The Balaban J connectivity index is 1.03. The van der Waals surface area contributed by atoms with E-state index in [-0.39, 0.29) is 0 Å². The second-order valence-electron chi connectivity index (χ2n) is 25.0. The van der Waals surface area contributed by atoms with Crippen LogP contribution in [0.1, 0.15) is 48.5 Å². The van der Waals surface area contributed by atoms with Crippen LogP contribution < -0.4 is 37.2 Å². The molecule has 0 bridgehead atoms. The Kier molecular flexibility index (Phi) is 29.6. The second-order valence-corrected chi connectivity index (χ2v) is 25.0. The van der Waals surface area contributed by atoms with Crippen molar-refractivity contribution in [3.63, 3.8) is 0 Å². The van der Waals surface area contributed by atoms with Crippen LogP contribution in [0.2, 0.25) is 0 Å². The molecule has 99 heavy (non-hydrogen) atoms. The number of aliphatic hydroxyl groups excluding tert-OH is 16. The number of hydrogen-bond donors (Lipinski definition) is 23. The molecule has 43 heteroatoms. The third-order valence-electron chi connectivity index (χ3n) is 17.2. The van der Waals surface area contributed by atoms with Crippen LogP contribution in [-0.2, 0) is 95.1 Å². The summed E-state index contributed by atoms with van der Waals surface area (Å²) < 4.78 is 76.2.